The van der Waals surface area contributed by atoms with Crippen molar-refractivity contribution < 1.29 is 0 Å². The summed E-state index contributed by atoms with van der Waals surface area (Å²) >= 11 is 0. The van der Waals surface area contributed by atoms with Crippen molar-refractivity contribution in [2.75, 3.05) is 27.2 Å². The molecule has 0 bridgehead atoms. The molecule has 0 radical (unpaired) electrons. The van der Waals surface area contributed by atoms with Crippen LogP contribution in [0.3, 0.4) is 0 Å². The van der Waals surface area contributed by atoms with Gasteiger partial charge in [0.25, 0.3) is 0 Å². The Balaban J connectivity index is 1.60. The summed E-state index contributed by atoms with van der Waals surface area (Å²) < 4.78 is 0. The minimum Gasteiger partial charge on any atom is -0.316 e. The smallest absolute Gasteiger partial charge is 0.0324 e. The monoisotopic (exact) mass is 441 g/mol. The fourth-order valence-corrected chi connectivity index (χ4v) is 4.45. The van der Waals surface area contributed by atoms with Crippen LogP contribution < -0.4 is 5.43 Å². The maximum atomic E-state index is 3.88. The largest absolute Gasteiger partial charge is 0.316 e. The van der Waals surface area contributed by atoms with Crippen molar-refractivity contribution in [2.24, 2.45) is 5.92 Å². The van der Waals surface area contributed by atoms with E-state index in [0.29, 0.717) is 5.92 Å². The lowest BCUT2D eigenvalue weighted by molar-refractivity contribution is 0.221. The van der Waals surface area contributed by atoms with Crippen LogP contribution >= 0.6 is 0 Å². The van der Waals surface area contributed by atoms with Crippen molar-refractivity contribution in [3.8, 4) is 11.8 Å². The van der Waals surface area contributed by atoms with E-state index in [-0.39, 0.29) is 0 Å². The molecule has 1 heterocycles. The van der Waals surface area contributed by atoms with Gasteiger partial charge in [0.05, 0.1) is 0 Å². The Morgan fingerprint density at radius 1 is 1.00 bits per heavy atom. The zero-order valence-corrected chi connectivity index (χ0v) is 20.6. The van der Waals surface area contributed by atoms with E-state index < -0.39 is 0 Å². The van der Waals surface area contributed by atoms with Gasteiger partial charge in [0.15, 0.2) is 0 Å². The van der Waals surface area contributed by atoms with E-state index in [1.807, 2.05) is 13.1 Å². The van der Waals surface area contributed by atoms with Crippen molar-refractivity contribution in [3.63, 3.8) is 0 Å². The number of nitrogens with zero attached hydrogens (tertiary/aromatic N) is 2. The van der Waals surface area contributed by atoms with Crippen molar-refractivity contribution in [1.82, 2.24) is 15.3 Å². The molecule has 1 fully saturated rings. The molecule has 2 aromatic carbocycles. The predicted octanol–water partition coefficient (Wildman–Crippen LogP) is 5.78. The third-order valence-electron chi connectivity index (χ3n) is 6.52. The van der Waals surface area contributed by atoms with Crippen LogP contribution in [0.5, 0.6) is 0 Å². The number of benzene rings is 2. The topological polar surface area (TPSA) is 18.5 Å². The third kappa shape index (κ3) is 7.63. The van der Waals surface area contributed by atoms with Gasteiger partial charge in [-0.2, -0.15) is 0 Å². The van der Waals surface area contributed by atoms with E-state index in [9.17, 15) is 0 Å². The van der Waals surface area contributed by atoms with Gasteiger partial charge in [-0.1, -0.05) is 62.1 Å². The number of likely N-dealkylation sites (tertiary alicyclic amines) is 1. The molecular weight excluding hydrogens is 402 g/mol. The maximum Gasteiger partial charge on any atom is 0.0324 e. The van der Waals surface area contributed by atoms with Gasteiger partial charge in [0.2, 0.25) is 0 Å². The SMILES string of the molecule is C=C/C=C(/C(CC)Cc1ccc(C#Cc2ccc(CN3CCCCC3)cc2)cc1)N(C)NC. The van der Waals surface area contributed by atoms with Crippen molar-refractivity contribution >= 4 is 0 Å². The van der Waals surface area contributed by atoms with Crippen LogP contribution in [0.2, 0.25) is 0 Å². The summed E-state index contributed by atoms with van der Waals surface area (Å²) in [5.74, 6) is 7.08. The highest BCUT2D eigenvalue weighted by molar-refractivity contribution is 5.44. The molecule has 0 aliphatic carbocycles. The minimum absolute atomic E-state index is 0.431. The summed E-state index contributed by atoms with van der Waals surface area (Å²) in [6.07, 6.45) is 10.1. The van der Waals surface area contributed by atoms with Gasteiger partial charge in [-0.25, -0.2) is 5.43 Å². The van der Waals surface area contributed by atoms with Crippen LogP contribution in [0.15, 0.2) is 73.0 Å². The van der Waals surface area contributed by atoms with Gasteiger partial charge in [0.1, 0.15) is 0 Å². The van der Waals surface area contributed by atoms with E-state index in [4.69, 9.17) is 0 Å². The minimum atomic E-state index is 0.431. The average Bonchev–Trinajstić information content (AvgIpc) is 2.86. The van der Waals surface area contributed by atoms with Crippen LogP contribution in [-0.4, -0.2) is 37.1 Å². The molecular formula is C30H39N3. The van der Waals surface area contributed by atoms with Gasteiger partial charge in [0, 0.05) is 43.4 Å². The van der Waals surface area contributed by atoms with Crippen molar-refractivity contribution in [1.29, 1.82) is 0 Å². The first-order valence-electron chi connectivity index (χ1n) is 12.3. The van der Waals surface area contributed by atoms with Gasteiger partial charge >= 0.3 is 0 Å². The summed E-state index contributed by atoms with van der Waals surface area (Å²) in [6, 6.07) is 17.4. The van der Waals surface area contributed by atoms with Gasteiger partial charge in [-0.05, 0) is 80.2 Å². The first-order valence-corrected chi connectivity index (χ1v) is 12.3. The zero-order chi connectivity index (χ0) is 23.5. The molecule has 0 aromatic heterocycles. The molecule has 3 rings (SSSR count). The van der Waals surface area contributed by atoms with E-state index in [1.165, 1.54) is 49.2 Å². The van der Waals surface area contributed by atoms with Gasteiger partial charge in [-0.3, -0.25) is 4.90 Å². The number of rotatable bonds is 9. The molecule has 174 valence electrons. The first kappa shape index (κ1) is 24.8. The molecule has 1 aliphatic heterocycles. The summed E-state index contributed by atoms with van der Waals surface area (Å²) in [7, 11) is 4.00. The molecule has 1 saturated heterocycles. The third-order valence-corrected chi connectivity index (χ3v) is 6.52. The lowest BCUT2D eigenvalue weighted by Gasteiger charge is -2.28. The standard InChI is InChI=1S/C30H39N3/c1-5-10-30(32(4)31-3)29(6-2)23-27-17-13-25(14-18-27)11-12-26-15-19-28(20-16-26)24-33-21-8-7-9-22-33/h5,10,13-20,29,31H,1,6-9,21-24H2,2-4H3/b30-10-. The highest BCUT2D eigenvalue weighted by atomic mass is 15.5. The zero-order valence-electron chi connectivity index (χ0n) is 20.6. The summed E-state index contributed by atoms with van der Waals surface area (Å²) in [5.41, 5.74) is 9.30. The molecule has 1 unspecified atom stereocenters. The second-order valence-corrected chi connectivity index (χ2v) is 8.90. The highest BCUT2D eigenvalue weighted by Crippen LogP contribution is 2.22. The normalized spacial score (nSPS) is 15.4. The predicted molar refractivity (Wildman–Crippen MR) is 141 cm³/mol. The Kier molecular flexibility index (Phi) is 9.81. The van der Waals surface area contributed by atoms with Crippen molar-refractivity contribution in [3.05, 3.63) is 95.2 Å². The quantitative estimate of drug-likeness (QED) is 0.302. The molecule has 1 aliphatic rings. The van der Waals surface area contributed by atoms with Gasteiger partial charge in [-0.15, -0.1) is 0 Å². The summed E-state index contributed by atoms with van der Waals surface area (Å²) in [4.78, 5) is 2.56. The number of hydrogen-bond donors (Lipinski definition) is 1. The Bertz CT molecular complexity index is 954. The van der Waals surface area contributed by atoms with Crippen LogP contribution in [-0.2, 0) is 13.0 Å². The molecule has 0 saturated carbocycles. The second-order valence-electron chi connectivity index (χ2n) is 8.90. The Hall–Kier alpha value is -2.80. The number of allylic oxidation sites excluding steroid dienone is 3. The van der Waals surface area contributed by atoms with E-state index >= 15 is 0 Å². The Morgan fingerprint density at radius 2 is 1.58 bits per heavy atom. The molecule has 3 nitrogen and oxygen atoms in total. The fourth-order valence-electron chi connectivity index (χ4n) is 4.45. The molecule has 3 heteroatoms. The van der Waals surface area contributed by atoms with Crippen molar-refractivity contribution in [2.45, 2.75) is 45.6 Å². The van der Waals surface area contributed by atoms with Crippen LogP contribution in [0.1, 0.15) is 54.9 Å². The van der Waals surface area contributed by atoms with Crippen LogP contribution in [0.25, 0.3) is 0 Å². The van der Waals surface area contributed by atoms with E-state index in [2.05, 4.69) is 102 Å². The van der Waals surface area contributed by atoms with E-state index in [1.54, 1.807) is 0 Å². The molecule has 33 heavy (non-hydrogen) atoms. The lowest BCUT2D eigenvalue weighted by atomic mass is 9.92. The average molecular weight is 442 g/mol. The number of hydrogen-bond acceptors (Lipinski definition) is 3. The van der Waals surface area contributed by atoms with E-state index in [0.717, 1.165) is 30.5 Å². The molecule has 1 N–H and O–H groups in total. The summed E-state index contributed by atoms with van der Waals surface area (Å²) in [6.45, 7) is 9.64. The maximum absolute atomic E-state index is 3.88. The Morgan fingerprint density at radius 3 is 2.09 bits per heavy atom. The van der Waals surface area contributed by atoms with Crippen LogP contribution in [0.4, 0.5) is 0 Å². The molecule has 2 aromatic rings. The second kappa shape index (κ2) is 13.0. The summed E-state index contributed by atoms with van der Waals surface area (Å²) in [5, 5.41) is 2.08. The van der Waals surface area contributed by atoms with Gasteiger partial charge < -0.3 is 5.01 Å². The Labute approximate surface area is 201 Å². The number of hydrazine groups is 1. The molecule has 0 spiro atoms. The molecule has 0 amide bonds. The number of piperidine rings is 1. The lowest BCUT2D eigenvalue weighted by Crippen LogP contribution is -2.33. The molecule has 1 atom stereocenters. The fraction of sp³-hybridized carbons (Fsp3) is 0.400. The van der Waals surface area contributed by atoms with Crippen LogP contribution in [0, 0.1) is 17.8 Å². The first-order chi connectivity index (χ1) is 16.1. The number of nitrogens with one attached hydrogen (secondary N) is 1. The highest BCUT2D eigenvalue weighted by Gasteiger charge is 2.16.